The predicted octanol–water partition coefficient (Wildman–Crippen LogP) is -0.711. The zero-order valence-electron chi connectivity index (χ0n) is 8.54. The Labute approximate surface area is 92.6 Å². The minimum absolute atomic E-state index is 0.0666. The third kappa shape index (κ3) is 4.32. The van der Waals surface area contributed by atoms with Crippen molar-refractivity contribution in [1.29, 1.82) is 0 Å². The quantitative estimate of drug-likeness (QED) is 0.709. The standard InChI is InChI=1S/C8H11N3O4S/c1-6-2-10-7(3-9-6)4-11-16(14,15)5-8(12)13/h2-3,11H,4-5H2,1H3,(H,12,13). The first-order chi connectivity index (χ1) is 7.39. The molecule has 0 aliphatic heterocycles. The zero-order valence-corrected chi connectivity index (χ0v) is 9.36. The summed E-state index contributed by atoms with van der Waals surface area (Å²) >= 11 is 0. The molecule has 0 fully saturated rings. The summed E-state index contributed by atoms with van der Waals surface area (Å²) in [6.07, 6.45) is 2.93. The summed E-state index contributed by atoms with van der Waals surface area (Å²) in [5.41, 5.74) is 1.15. The van der Waals surface area contributed by atoms with E-state index >= 15 is 0 Å². The van der Waals surface area contributed by atoms with E-state index < -0.39 is 21.7 Å². The molecule has 0 bridgehead atoms. The smallest absolute Gasteiger partial charge is 0.320 e. The molecule has 1 heterocycles. The van der Waals surface area contributed by atoms with E-state index in [1.807, 2.05) is 0 Å². The SMILES string of the molecule is Cc1cnc(CNS(=O)(=O)CC(=O)O)cn1. The molecule has 0 radical (unpaired) electrons. The molecule has 0 atom stereocenters. The summed E-state index contributed by atoms with van der Waals surface area (Å²) in [5.74, 6) is -2.35. The number of aromatic nitrogens is 2. The topological polar surface area (TPSA) is 109 Å². The average molecular weight is 245 g/mol. The molecule has 0 amide bonds. The molecule has 1 aromatic heterocycles. The fraction of sp³-hybridized carbons (Fsp3) is 0.375. The van der Waals surface area contributed by atoms with Crippen molar-refractivity contribution in [2.24, 2.45) is 0 Å². The van der Waals surface area contributed by atoms with E-state index in [9.17, 15) is 13.2 Å². The monoisotopic (exact) mass is 245 g/mol. The van der Waals surface area contributed by atoms with Gasteiger partial charge in [-0.05, 0) is 6.92 Å². The fourth-order valence-corrected chi connectivity index (χ4v) is 1.70. The van der Waals surface area contributed by atoms with Gasteiger partial charge in [-0.15, -0.1) is 0 Å². The maximum absolute atomic E-state index is 11.1. The van der Waals surface area contributed by atoms with E-state index in [0.717, 1.165) is 5.69 Å². The van der Waals surface area contributed by atoms with Gasteiger partial charge in [-0.3, -0.25) is 14.8 Å². The lowest BCUT2D eigenvalue weighted by molar-refractivity contribution is -0.134. The highest BCUT2D eigenvalue weighted by atomic mass is 32.2. The summed E-state index contributed by atoms with van der Waals surface area (Å²) in [5, 5.41) is 8.34. The number of hydrogen-bond donors (Lipinski definition) is 2. The predicted molar refractivity (Wildman–Crippen MR) is 55.0 cm³/mol. The maximum Gasteiger partial charge on any atom is 0.320 e. The Morgan fingerprint density at radius 3 is 2.62 bits per heavy atom. The molecule has 0 saturated carbocycles. The second-order valence-electron chi connectivity index (χ2n) is 3.12. The van der Waals surface area contributed by atoms with E-state index in [2.05, 4.69) is 14.7 Å². The Hall–Kier alpha value is -1.54. The van der Waals surface area contributed by atoms with Crippen molar-refractivity contribution in [3.8, 4) is 0 Å². The molecule has 0 saturated heterocycles. The number of sulfonamides is 1. The van der Waals surface area contributed by atoms with Crippen molar-refractivity contribution < 1.29 is 18.3 Å². The number of nitrogens with one attached hydrogen (secondary N) is 1. The van der Waals surface area contributed by atoms with E-state index in [4.69, 9.17) is 5.11 Å². The van der Waals surface area contributed by atoms with E-state index in [1.54, 1.807) is 6.92 Å². The second-order valence-corrected chi connectivity index (χ2v) is 4.93. The van der Waals surface area contributed by atoms with Gasteiger partial charge in [0.2, 0.25) is 10.0 Å². The molecular formula is C8H11N3O4S. The number of aryl methyl sites for hydroxylation is 1. The molecule has 8 heteroatoms. The van der Waals surface area contributed by atoms with Crippen LogP contribution >= 0.6 is 0 Å². The van der Waals surface area contributed by atoms with Gasteiger partial charge in [0.1, 0.15) is 0 Å². The van der Waals surface area contributed by atoms with Crippen molar-refractivity contribution in [1.82, 2.24) is 14.7 Å². The molecule has 0 aromatic carbocycles. The van der Waals surface area contributed by atoms with Gasteiger partial charge < -0.3 is 5.11 Å². The molecule has 0 aliphatic carbocycles. The van der Waals surface area contributed by atoms with Gasteiger partial charge in [0.15, 0.2) is 5.75 Å². The van der Waals surface area contributed by atoms with Crippen LogP contribution in [0.5, 0.6) is 0 Å². The van der Waals surface area contributed by atoms with Crippen LogP contribution < -0.4 is 4.72 Å². The fourth-order valence-electron chi connectivity index (χ4n) is 0.908. The molecule has 2 N–H and O–H groups in total. The summed E-state index contributed by atoms with van der Waals surface area (Å²) in [4.78, 5) is 18.1. The number of nitrogens with zero attached hydrogens (tertiary/aromatic N) is 2. The molecule has 0 aliphatic rings. The molecule has 0 unspecified atom stereocenters. The van der Waals surface area contributed by atoms with Crippen LogP contribution in [-0.2, 0) is 21.4 Å². The van der Waals surface area contributed by atoms with Crippen LogP contribution in [0.3, 0.4) is 0 Å². The number of rotatable bonds is 5. The van der Waals surface area contributed by atoms with Crippen molar-refractivity contribution in [2.75, 3.05) is 5.75 Å². The number of carbonyl (C=O) groups is 1. The van der Waals surface area contributed by atoms with Gasteiger partial charge in [-0.2, -0.15) is 0 Å². The molecular weight excluding hydrogens is 234 g/mol. The zero-order chi connectivity index (χ0) is 12.2. The molecule has 0 spiro atoms. The molecule has 88 valence electrons. The largest absolute Gasteiger partial charge is 0.480 e. The number of aliphatic carboxylic acids is 1. The Kier molecular flexibility index (Phi) is 3.91. The van der Waals surface area contributed by atoms with Crippen LogP contribution in [-0.4, -0.2) is 35.2 Å². The highest BCUT2D eigenvalue weighted by Crippen LogP contribution is 1.95. The lowest BCUT2D eigenvalue weighted by Gasteiger charge is -2.03. The van der Waals surface area contributed by atoms with Gasteiger partial charge in [-0.1, -0.05) is 0 Å². The number of carboxylic acid groups (broad SMARTS) is 1. The Morgan fingerprint density at radius 1 is 1.44 bits per heavy atom. The maximum atomic E-state index is 11.1. The normalized spacial score (nSPS) is 11.3. The summed E-state index contributed by atoms with van der Waals surface area (Å²) in [7, 11) is -3.81. The van der Waals surface area contributed by atoms with Crippen molar-refractivity contribution in [3.63, 3.8) is 0 Å². The van der Waals surface area contributed by atoms with Crippen LogP contribution in [0.1, 0.15) is 11.4 Å². The highest BCUT2D eigenvalue weighted by molar-refractivity contribution is 7.90. The third-order valence-electron chi connectivity index (χ3n) is 1.62. The van der Waals surface area contributed by atoms with Crippen molar-refractivity contribution in [3.05, 3.63) is 23.8 Å². The van der Waals surface area contributed by atoms with Crippen LogP contribution in [0.15, 0.2) is 12.4 Å². The van der Waals surface area contributed by atoms with Crippen molar-refractivity contribution in [2.45, 2.75) is 13.5 Å². The van der Waals surface area contributed by atoms with Gasteiger partial charge in [0.25, 0.3) is 0 Å². The van der Waals surface area contributed by atoms with E-state index in [1.165, 1.54) is 12.4 Å². The van der Waals surface area contributed by atoms with Gasteiger partial charge in [-0.25, -0.2) is 13.1 Å². The van der Waals surface area contributed by atoms with E-state index in [0.29, 0.717) is 5.69 Å². The number of carboxylic acids is 1. The molecule has 1 aromatic rings. The Bertz CT molecular complexity index is 469. The van der Waals surface area contributed by atoms with E-state index in [-0.39, 0.29) is 6.54 Å². The van der Waals surface area contributed by atoms with Crippen LogP contribution in [0.4, 0.5) is 0 Å². The lowest BCUT2D eigenvalue weighted by Crippen LogP contribution is -2.29. The van der Waals surface area contributed by atoms with Crippen LogP contribution in [0.25, 0.3) is 0 Å². The molecule has 1 rings (SSSR count). The van der Waals surface area contributed by atoms with Crippen LogP contribution in [0.2, 0.25) is 0 Å². The Balaban J connectivity index is 2.58. The van der Waals surface area contributed by atoms with Crippen molar-refractivity contribution >= 4 is 16.0 Å². The summed E-state index contributed by atoms with van der Waals surface area (Å²) in [6.45, 7) is 1.69. The summed E-state index contributed by atoms with van der Waals surface area (Å²) < 4.78 is 24.4. The Morgan fingerprint density at radius 2 is 2.12 bits per heavy atom. The third-order valence-corrected chi connectivity index (χ3v) is 2.83. The van der Waals surface area contributed by atoms with Gasteiger partial charge in [0, 0.05) is 6.20 Å². The lowest BCUT2D eigenvalue weighted by atomic mass is 10.4. The molecule has 7 nitrogen and oxygen atoms in total. The van der Waals surface area contributed by atoms with Gasteiger partial charge in [0.05, 0.1) is 24.1 Å². The molecule has 16 heavy (non-hydrogen) atoms. The second kappa shape index (κ2) is 4.99. The minimum atomic E-state index is -3.81. The van der Waals surface area contributed by atoms with Crippen LogP contribution in [0, 0.1) is 6.92 Å². The minimum Gasteiger partial charge on any atom is -0.480 e. The number of hydrogen-bond acceptors (Lipinski definition) is 5. The summed E-state index contributed by atoms with van der Waals surface area (Å²) in [6, 6.07) is 0. The first-order valence-corrected chi connectivity index (χ1v) is 6.01. The average Bonchev–Trinajstić information content (AvgIpc) is 2.15. The first kappa shape index (κ1) is 12.5. The first-order valence-electron chi connectivity index (χ1n) is 4.36. The highest BCUT2D eigenvalue weighted by Gasteiger charge is 2.14. The van der Waals surface area contributed by atoms with Gasteiger partial charge >= 0.3 is 5.97 Å².